The Balaban J connectivity index is 2.55. The van der Waals surface area contributed by atoms with Crippen molar-refractivity contribution in [1.29, 1.82) is 0 Å². The molecule has 1 aromatic rings. The molecular formula is C16H27NO. The molecule has 0 fully saturated rings. The summed E-state index contributed by atoms with van der Waals surface area (Å²) < 4.78 is 0. The number of aryl methyl sites for hydroxylation is 2. The van der Waals surface area contributed by atoms with Gasteiger partial charge in [0.2, 0.25) is 0 Å². The van der Waals surface area contributed by atoms with Gasteiger partial charge in [-0.1, -0.05) is 37.6 Å². The molecule has 0 aliphatic heterocycles. The molecule has 0 heterocycles. The summed E-state index contributed by atoms with van der Waals surface area (Å²) in [5.41, 5.74) is 4.03. The summed E-state index contributed by atoms with van der Waals surface area (Å²) in [7, 11) is 0. The van der Waals surface area contributed by atoms with E-state index in [0.29, 0.717) is 0 Å². The van der Waals surface area contributed by atoms with Crippen LogP contribution in [0.25, 0.3) is 0 Å². The lowest BCUT2D eigenvalue weighted by atomic mass is 9.83. The van der Waals surface area contributed by atoms with Crippen molar-refractivity contribution in [1.82, 2.24) is 5.32 Å². The number of aliphatic hydroxyl groups excluding tert-OH is 1. The molecule has 0 radical (unpaired) electrons. The largest absolute Gasteiger partial charge is 0.396 e. The van der Waals surface area contributed by atoms with Gasteiger partial charge in [0, 0.05) is 25.1 Å². The molecule has 0 spiro atoms. The standard InChI is InChI=1S/C16H27NO/c1-5-16(6-2,12-18)11-17-10-15-8-7-13(3)9-14(15)4/h7-9,17-18H,5-6,10-12H2,1-4H3. The maximum Gasteiger partial charge on any atom is 0.0499 e. The number of aliphatic hydroxyl groups is 1. The fourth-order valence-corrected chi connectivity index (χ4v) is 2.29. The van der Waals surface area contributed by atoms with E-state index in [-0.39, 0.29) is 12.0 Å². The normalized spacial score (nSPS) is 11.8. The molecule has 1 aromatic carbocycles. The van der Waals surface area contributed by atoms with Crippen LogP contribution in [0.1, 0.15) is 43.4 Å². The van der Waals surface area contributed by atoms with Gasteiger partial charge in [0.05, 0.1) is 0 Å². The third-order valence-corrected chi connectivity index (χ3v) is 4.15. The lowest BCUT2D eigenvalue weighted by Crippen LogP contribution is -2.36. The molecule has 0 saturated carbocycles. The van der Waals surface area contributed by atoms with Crippen LogP contribution >= 0.6 is 0 Å². The first-order valence-electron chi connectivity index (χ1n) is 6.94. The number of nitrogens with one attached hydrogen (secondary N) is 1. The van der Waals surface area contributed by atoms with Crippen molar-refractivity contribution in [2.75, 3.05) is 13.2 Å². The van der Waals surface area contributed by atoms with E-state index in [1.807, 2.05) is 0 Å². The van der Waals surface area contributed by atoms with E-state index in [0.717, 1.165) is 25.9 Å². The summed E-state index contributed by atoms with van der Waals surface area (Å²) in [4.78, 5) is 0. The minimum atomic E-state index is 0.0403. The molecule has 2 nitrogen and oxygen atoms in total. The highest BCUT2D eigenvalue weighted by molar-refractivity contribution is 5.30. The highest BCUT2D eigenvalue weighted by atomic mass is 16.3. The van der Waals surface area contributed by atoms with Crippen molar-refractivity contribution < 1.29 is 5.11 Å². The highest BCUT2D eigenvalue weighted by Gasteiger charge is 2.24. The molecule has 0 unspecified atom stereocenters. The van der Waals surface area contributed by atoms with Crippen molar-refractivity contribution in [2.45, 2.75) is 47.1 Å². The van der Waals surface area contributed by atoms with Gasteiger partial charge < -0.3 is 10.4 Å². The molecule has 18 heavy (non-hydrogen) atoms. The van der Waals surface area contributed by atoms with Crippen molar-refractivity contribution in [2.24, 2.45) is 5.41 Å². The molecule has 0 amide bonds. The van der Waals surface area contributed by atoms with Crippen LogP contribution in [0.3, 0.4) is 0 Å². The fraction of sp³-hybridized carbons (Fsp3) is 0.625. The molecule has 0 atom stereocenters. The Bertz CT molecular complexity index is 361. The van der Waals surface area contributed by atoms with E-state index in [9.17, 15) is 5.11 Å². The van der Waals surface area contributed by atoms with Crippen LogP contribution in [0.5, 0.6) is 0 Å². The van der Waals surface area contributed by atoms with Crippen LogP contribution < -0.4 is 5.32 Å². The van der Waals surface area contributed by atoms with Gasteiger partial charge in [-0.3, -0.25) is 0 Å². The molecule has 0 saturated heterocycles. The Hall–Kier alpha value is -0.860. The van der Waals surface area contributed by atoms with Crippen LogP contribution in [-0.4, -0.2) is 18.3 Å². The SMILES string of the molecule is CCC(CC)(CO)CNCc1ccc(C)cc1C. The Labute approximate surface area is 111 Å². The maximum atomic E-state index is 9.52. The summed E-state index contributed by atoms with van der Waals surface area (Å²) in [5, 5.41) is 13.0. The second-order valence-electron chi connectivity index (χ2n) is 5.40. The molecule has 0 aliphatic rings. The van der Waals surface area contributed by atoms with Crippen LogP contribution in [0, 0.1) is 19.3 Å². The third-order valence-electron chi connectivity index (χ3n) is 4.15. The molecule has 102 valence electrons. The van der Waals surface area contributed by atoms with E-state index in [2.05, 4.69) is 51.2 Å². The van der Waals surface area contributed by atoms with Crippen LogP contribution in [0.4, 0.5) is 0 Å². The zero-order valence-corrected chi connectivity index (χ0v) is 12.2. The van der Waals surface area contributed by atoms with E-state index < -0.39 is 0 Å². The number of hydrogen-bond acceptors (Lipinski definition) is 2. The van der Waals surface area contributed by atoms with E-state index >= 15 is 0 Å². The first-order chi connectivity index (χ1) is 8.56. The van der Waals surface area contributed by atoms with Crippen LogP contribution in [0.15, 0.2) is 18.2 Å². The van der Waals surface area contributed by atoms with Gasteiger partial charge in [0.1, 0.15) is 0 Å². The van der Waals surface area contributed by atoms with Gasteiger partial charge in [-0.05, 0) is 37.8 Å². The zero-order chi connectivity index (χ0) is 13.6. The Morgan fingerprint density at radius 1 is 1.17 bits per heavy atom. The first-order valence-corrected chi connectivity index (χ1v) is 6.94. The smallest absolute Gasteiger partial charge is 0.0499 e. The average molecular weight is 249 g/mol. The van der Waals surface area contributed by atoms with E-state index in [1.165, 1.54) is 16.7 Å². The highest BCUT2D eigenvalue weighted by Crippen LogP contribution is 2.24. The summed E-state index contributed by atoms with van der Waals surface area (Å²) >= 11 is 0. The van der Waals surface area contributed by atoms with Crippen LogP contribution in [-0.2, 0) is 6.54 Å². The molecule has 0 bridgehead atoms. The lowest BCUT2D eigenvalue weighted by molar-refractivity contribution is 0.113. The zero-order valence-electron chi connectivity index (χ0n) is 12.2. The molecule has 2 N–H and O–H groups in total. The first kappa shape index (κ1) is 15.2. The summed E-state index contributed by atoms with van der Waals surface area (Å²) in [5.74, 6) is 0. The van der Waals surface area contributed by atoms with E-state index in [4.69, 9.17) is 0 Å². The number of hydrogen-bond donors (Lipinski definition) is 2. The van der Waals surface area contributed by atoms with Gasteiger partial charge in [-0.25, -0.2) is 0 Å². The predicted octanol–water partition coefficient (Wildman–Crippen LogP) is 3.19. The van der Waals surface area contributed by atoms with Gasteiger partial charge in [-0.15, -0.1) is 0 Å². The monoisotopic (exact) mass is 249 g/mol. The summed E-state index contributed by atoms with van der Waals surface area (Å²) in [6.07, 6.45) is 2.03. The quantitative estimate of drug-likeness (QED) is 0.778. The van der Waals surface area contributed by atoms with E-state index in [1.54, 1.807) is 0 Å². The van der Waals surface area contributed by atoms with Crippen molar-refractivity contribution in [3.63, 3.8) is 0 Å². The maximum absolute atomic E-state index is 9.52. The average Bonchev–Trinajstić information content (AvgIpc) is 2.38. The lowest BCUT2D eigenvalue weighted by Gasteiger charge is -2.29. The minimum Gasteiger partial charge on any atom is -0.396 e. The molecular weight excluding hydrogens is 222 g/mol. The summed E-state index contributed by atoms with van der Waals surface area (Å²) in [6.45, 7) is 10.6. The molecule has 2 heteroatoms. The second kappa shape index (κ2) is 6.91. The minimum absolute atomic E-state index is 0.0403. The topological polar surface area (TPSA) is 32.3 Å². The number of benzene rings is 1. The predicted molar refractivity (Wildman–Crippen MR) is 77.7 cm³/mol. The third kappa shape index (κ3) is 3.82. The summed E-state index contributed by atoms with van der Waals surface area (Å²) in [6, 6.07) is 6.56. The van der Waals surface area contributed by atoms with Gasteiger partial charge >= 0.3 is 0 Å². The van der Waals surface area contributed by atoms with Crippen LogP contribution in [0.2, 0.25) is 0 Å². The second-order valence-corrected chi connectivity index (χ2v) is 5.40. The molecule has 1 rings (SSSR count). The Kier molecular flexibility index (Phi) is 5.83. The molecule has 0 aromatic heterocycles. The van der Waals surface area contributed by atoms with Gasteiger partial charge in [0.15, 0.2) is 0 Å². The van der Waals surface area contributed by atoms with Gasteiger partial charge in [0.25, 0.3) is 0 Å². The Morgan fingerprint density at radius 3 is 2.33 bits per heavy atom. The van der Waals surface area contributed by atoms with Crippen molar-refractivity contribution in [3.05, 3.63) is 34.9 Å². The fourth-order valence-electron chi connectivity index (χ4n) is 2.29. The number of rotatable bonds is 7. The van der Waals surface area contributed by atoms with Crippen molar-refractivity contribution in [3.8, 4) is 0 Å². The molecule has 0 aliphatic carbocycles. The Morgan fingerprint density at radius 2 is 1.83 bits per heavy atom. The van der Waals surface area contributed by atoms with Crippen molar-refractivity contribution >= 4 is 0 Å². The van der Waals surface area contributed by atoms with Gasteiger partial charge in [-0.2, -0.15) is 0 Å².